The lowest BCUT2D eigenvalue weighted by Gasteiger charge is -2.56. The van der Waals surface area contributed by atoms with Crippen LogP contribution >= 0.6 is 0 Å². The number of benzene rings is 7. The maximum absolute atomic E-state index is 13.9. The fourth-order valence-electron chi connectivity index (χ4n) is 10.3. The molecule has 5 aliphatic rings. The van der Waals surface area contributed by atoms with E-state index in [1.165, 1.54) is 45.8 Å². The summed E-state index contributed by atoms with van der Waals surface area (Å²) in [6.45, 7) is 9.31. The molecule has 0 unspecified atom stereocenters. The first kappa shape index (κ1) is 32.4. The van der Waals surface area contributed by atoms with Crippen molar-refractivity contribution in [2.45, 2.75) is 48.3 Å². The number of fused-ring (bicyclic) bond motifs is 6. The third kappa shape index (κ3) is 3.82. The topological polar surface area (TPSA) is 70.9 Å². The van der Waals surface area contributed by atoms with Crippen molar-refractivity contribution in [1.29, 1.82) is 5.26 Å². The third-order valence-corrected chi connectivity index (χ3v) is 14.8. The zero-order valence-electron chi connectivity index (χ0n) is 31.7. The van der Waals surface area contributed by atoms with E-state index in [4.69, 9.17) is 0 Å². The van der Waals surface area contributed by atoms with Gasteiger partial charge in [-0.05, 0) is 107 Å². The van der Waals surface area contributed by atoms with Gasteiger partial charge >= 0.3 is 0 Å². The molecule has 7 aromatic carbocycles. The number of hydrogen-bond donors (Lipinski definition) is 0. The average molecular weight is 758 g/mol. The minimum atomic E-state index is -3.82. The van der Waals surface area contributed by atoms with E-state index in [9.17, 15) is 13.7 Å². The van der Waals surface area contributed by atoms with E-state index in [0.717, 1.165) is 56.9 Å². The molecule has 0 saturated heterocycles. The summed E-state index contributed by atoms with van der Waals surface area (Å²) in [5, 5.41) is 9.28. The van der Waals surface area contributed by atoms with Gasteiger partial charge in [0.25, 0.3) is 0 Å². The predicted octanol–water partition coefficient (Wildman–Crippen LogP) is 12.5. The van der Waals surface area contributed by atoms with Crippen molar-refractivity contribution in [1.82, 2.24) is 0 Å². The molecule has 0 amide bonds. The summed E-state index contributed by atoms with van der Waals surface area (Å²) >= 11 is 0. The number of rotatable bonds is 3. The first-order valence-electron chi connectivity index (χ1n) is 19.3. The SMILES string of the molecule is CC1(C)c2ccccc2N2c3cccc4c3N3c5c(ccc1c52)N(c1ccc(S(=O)(=O)c2ccc(C#N)cc2)cc1)c1ccc2c(c13)N4c1ccccc1C2(C)C. The second kappa shape index (κ2) is 10.5. The predicted molar refractivity (Wildman–Crippen MR) is 227 cm³/mol. The Kier molecular flexibility index (Phi) is 5.98. The lowest BCUT2D eigenvalue weighted by Crippen LogP contribution is -2.41. The minimum Gasteiger partial charge on any atom is -0.306 e. The van der Waals surface area contributed by atoms with Crippen LogP contribution in [0.4, 0.5) is 68.2 Å². The molecule has 12 rings (SSSR count). The Morgan fingerprint density at radius 3 is 1.35 bits per heavy atom. The Morgan fingerprint density at radius 1 is 0.421 bits per heavy atom. The van der Waals surface area contributed by atoms with Gasteiger partial charge in [0, 0.05) is 16.5 Å². The molecule has 0 bridgehead atoms. The molecule has 0 radical (unpaired) electrons. The van der Waals surface area contributed by atoms with Crippen molar-refractivity contribution in [2.75, 3.05) is 19.6 Å². The second-order valence-corrected chi connectivity index (χ2v) is 18.5. The van der Waals surface area contributed by atoms with Crippen LogP contribution < -0.4 is 19.6 Å². The number of nitrogens with zero attached hydrogens (tertiary/aromatic N) is 5. The largest absolute Gasteiger partial charge is 0.306 e. The normalized spacial score (nSPS) is 16.3. The smallest absolute Gasteiger partial charge is 0.206 e. The second-order valence-electron chi connectivity index (χ2n) is 16.6. The molecule has 0 saturated carbocycles. The van der Waals surface area contributed by atoms with E-state index in [-0.39, 0.29) is 20.6 Å². The van der Waals surface area contributed by atoms with Gasteiger partial charge in [-0.25, -0.2) is 8.42 Å². The van der Waals surface area contributed by atoms with E-state index < -0.39 is 9.84 Å². The van der Waals surface area contributed by atoms with Crippen LogP contribution in [0, 0.1) is 11.3 Å². The van der Waals surface area contributed by atoms with Gasteiger partial charge in [-0.1, -0.05) is 82.3 Å². The molecule has 0 atom stereocenters. The molecular weight excluding hydrogens is 723 g/mol. The van der Waals surface area contributed by atoms with Gasteiger partial charge in [0.1, 0.15) is 0 Å². The van der Waals surface area contributed by atoms with Gasteiger partial charge in [0.2, 0.25) is 9.84 Å². The molecule has 7 aromatic rings. The van der Waals surface area contributed by atoms with Crippen LogP contribution in [0.2, 0.25) is 0 Å². The van der Waals surface area contributed by atoms with Crippen LogP contribution in [0.3, 0.4) is 0 Å². The van der Waals surface area contributed by atoms with Crippen LogP contribution in [0.1, 0.15) is 55.5 Å². The maximum atomic E-state index is 13.9. The Morgan fingerprint density at radius 2 is 0.860 bits per heavy atom. The molecule has 5 heterocycles. The highest BCUT2D eigenvalue weighted by Gasteiger charge is 2.52. The van der Waals surface area contributed by atoms with Gasteiger partial charge in [-0.3, -0.25) is 4.90 Å². The fraction of sp³-hybridized carbons (Fsp3) is 0.122. The van der Waals surface area contributed by atoms with E-state index in [1.807, 2.05) is 12.1 Å². The molecule has 0 spiro atoms. The summed E-state index contributed by atoms with van der Waals surface area (Å²) in [5.41, 5.74) is 18.1. The van der Waals surface area contributed by atoms with Crippen LogP contribution in [0.15, 0.2) is 149 Å². The zero-order valence-corrected chi connectivity index (χ0v) is 32.6. The number of sulfone groups is 1. The van der Waals surface area contributed by atoms with Crippen LogP contribution in [-0.2, 0) is 20.7 Å². The van der Waals surface area contributed by atoms with Crippen molar-refractivity contribution in [3.63, 3.8) is 0 Å². The zero-order chi connectivity index (χ0) is 38.7. The fourth-order valence-corrected chi connectivity index (χ4v) is 11.6. The third-order valence-electron chi connectivity index (χ3n) is 13.0. The molecule has 7 nitrogen and oxygen atoms in total. The summed E-state index contributed by atoms with van der Waals surface area (Å²) in [6, 6.07) is 48.8. The van der Waals surface area contributed by atoms with Crippen molar-refractivity contribution >= 4 is 78.1 Å². The van der Waals surface area contributed by atoms with Gasteiger partial charge in [-0.2, -0.15) is 5.26 Å². The molecule has 5 aliphatic heterocycles. The summed E-state index contributed by atoms with van der Waals surface area (Å²) in [6.07, 6.45) is 0. The Labute approximate surface area is 331 Å². The number of anilines is 12. The first-order valence-corrected chi connectivity index (χ1v) is 20.7. The molecule has 0 aliphatic carbocycles. The van der Waals surface area contributed by atoms with Crippen molar-refractivity contribution in [2.24, 2.45) is 0 Å². The summed E-state index contributed by atoms with van der Waals surface area (Å²) < 4.78 is 27.7. The minimum absolute atomic E-state index is 0.154. The highest BCUT2D eigenvalue weighted by molar-refractivity contribution is 7.91. The van der Waals surface area contributed by atoms with Crippen molar-refractivity contribution < 1.29 is 8.42 Å². The van der Waals surface area contributed by atoms with E-state index >= 15 is 0 Å². The number of nitriles is 1. The quantitative estimate of drug-likeness (QED) is 0.178. The molecule has 0 fully saturated rings. The highest BCUT2D eigenvalue weighted by Crippen LogP contribution is 2.74. The summed E-state index contributed by atoms with van der Waals surface area (Å²) in [5.74, 6) is 0. The standard InChI is InChI=1S/C49H35N5O2S/c1-48(2)33-10-5-7-12-37(33)52-39-14-9-15-40-45(39)54-46-41(26-24-35(48)43(46)52)51(30-18-22-32(23-19-30)57(55,56)31-20-16-29(28-50)17-21-31)42-27-25-36-44(47(42)54)53(40)38-13-8-6-11-34(38)49(36,3)4/h5-27H,1-4H3. The molecular formula is C49H35N5O2S. The van der Waals surface area contributed by atoms with E-state index in [1.54, 1.807) is 24.3 Å². The van der Waals surface area contributed by atoms with Gasteiger partial charge in [-0.15, -0.1) is 0 Å². The van der Waals surface area contributed by atoms with E-state index in [0.29, 0.717) is 5.56 Å². The number of hydrogen-bond acceptors (Lipinski definition) is 7. The van der Waals surface area contributed by atoms with Crippen molar-refractivity contribution in [3.05, 3.63) is 167 Å². The van der Waals surface area contributed by atoms with Gasteiger partial charge < -0.3 is 14.7 Å². The molecule has 8 heteroatoms. The Bertz CT molecular complexity index is 2980. The van der Waals surface area contributed by atoms with Crippen LogP contribution in [0.5, 0.6) is 0 Å². The van der Waals surface area contributed by atoms with Crippen LogP contribution in [-0.4, -0.2) is 8.42 Å². The van der Waals surface area contributed by atoms with Crippen molar-refractivity contribution in [3.8, 4) is 6.07 Å². The molecule has 57 heavy (non-hydrogen) atoms. The molecule has 0 N–H and O–H groups in total. The lowest BCUT2D eigenvalue weighted by molar-refractivity contribution is 0.596. The van der Waals surface area contributed by atoms with Gasteiger partial charge in [0.05, 0.1) is 84.0 Å². The maximum Gasteiger partial charge on any atom is 0.206 e. The first-order chi connectivity index (χ1) is 27.5. The highest BCUT2D eigenvalue weighted by atomic mass is 32.2. The summed E-state index contributed by atoms with van der Waals surface area (Å²) in [7, 11) is -3.82. The van der Waals surface area contributed by atoms with Gasteiger partial charge in [0.15, 0.2) is 0 Å². The number of para-hydroxylation sites is 3. The van der Waals surface area contributed by atoms with E-state index in [2.05, 4.69) is 144 Å². The Balaban J connectivity index is 1.16. The van der Waals surface area contributed by atoms with Crippen LogP contribution in [0.25, 0.3) is 0 Å². The average Bonchev–Trinajstić information content (AvgIpc) is 3.23. The Hall–Kier alpha value is -6.82. The molecule has 274 valence electrons. The molecule has 0 aromatic heterocycles. The monoisotopic (exact) mass is 757 g/mol. The lowest BCUT2D eigenvalue weighted by atomic mass is 9.71. The summed E-state index contributed by atoms with van der Waals surface area (Å²) in [4.78, 5) is 10.2.